The summed E-state index contributed by atoms with van der Waals surface area (Å²) in [6, 6.07) is 11.9. The highest BCUT2D eigenvalue weighted by atomic mass is 35.5. The van der Waals surface area contributed by atoms with Gasteiger partial charge in [0, 0.05) is 16.6 Å². The van der Waals surface area contributed by atoms with E-state index in [0.717, 1.165) is 11.0 Å². The first-order chi connectivity index (χ1) is 9.96. The topological polar surface area (TPSA) is 59.1 Å². The lowest BCUT2D eigenvalue weighted by molar-refractivity contribution is 0.573. The maximum atomic E-state index is 12.0. The predicted octanol–water partition coefficient (Wildman–Crippen LogP) is 3.39. The van der Waals surface area contributed by atoms with Crippen LogP contribution in [-0.2, 0) is 10.0 Å². The summed E-state index contributed by atoms with van der Waals surface area (Å²) in [6.07, 6.45) is 3.15. The van der Waals surface area contributed by atoms with Crippen molar-refractivity contribution in [2.24, 2.45) is 0 Å². The van der Waals surface area contributed by atoms with Crippen molar-refractivity contribution in [1.29, 1.82) is 0 Å². The molecule has 6 heteroatoms. The Morgan fingerprint density at radius 1 is 1.19 bits per heavy atom. The highest BCUT2D eigenvalue weighted by molar-refractivity contribution is 7.92. The molecular weight excluding hydrogens is 308 g/mol. The van der Waals surface area contributed by atoms with Gasteiger partial charge in [0.05, 0.1) is 11.7 Å². The van der Waals surface area contributed by atoms with Gasteiger partial charge >= 0.3 is 0 Å². The fourth-order valence-corrected chi connectivity index (χ4v) is 2.87. The van der Waals surface area contributed by atoms with Gasteiger partial charge in [0.25, 0.3) is 0 Å². The van der Waals surface area contributed by atoms with Gasteiger partial charge in [-0.3, -0.25) is 4.98 Å². The van der Waals surface area contributed by atoms with Crippen LogP contribution in [0.15, 0.2) is 54.1 Å². The number of rotatable bonds is 5. The van der Waals surface area contributed by atoms with Crippen LogP contribution in [0.5, 0.6) is 0 Å². The molecule has 1 aromatic carbocycles. The average Bonchev–Trinajstić information content (AvgIpc) is 2.47. The summed E-state index contributed by atoms with van der Waals surface area (Å²) in [4.78, 5) is 4.13. The molecule has 0 bridgehead atoms. The molecule has 0 aliphatic heterocycles. The second-order valence-corrected chi connectivity index (χ2v) is 6.53. The number of sulfonamides is 1. The lowest BCUT2D eigenvalue weighted by atomic mass is 10.2. The molecule has 1 heterocycles. The second-order valence-electron chi connectivity index (χ2n) is 4.49. The van der Waals surface area contributed by atoms with Crippen LogP contribution < -0.4 is 4.72 Å². The zero-order valence-corrected chi connectivity index (χ0v) is 13.0. The number of nitrogens with one attached hydrogen (secondary N) is 1. The number of benzene rings is 1. The van der Waals surface area contributed by atoms with Gasteiger partial charge in [-0.2, -0.15) is 0 Å². The normalized spacial score (nSPS) is 13.4. The summed E-state index contributed by atoms with van der Waals surface area (Å²) in [5.41, 5.74) is 1.43. The van der Waals surface area contributed by atoms with Crippen LogP contribution in [0.1, 0.15) is 24.2 Å². The number of nitrogens with zero attached hydrogens (tertiary/aromatic N) is 1. The third-order valence-electron chi connectivity index (χ3n) is 2.78. The molecule has 0 saturated heterocycles. The van der Waals surface area contributed by atoms with E-state index in [0.29, 0.717) is 10.7 Å². The molecule has 2 aromatic rings. The molecule has 1 unspecified atom stereocenters. The van der Waals surface area contributed by atoms with Crippen LogP contribution in [0.3, 0.4) is 0 Å². The molecule has 0 fully saturated rings. The van der Waals surface area contributed by atoms with Gasteiger partial charge in [-0.05, 0) is 42.8 Å². The second kappa shape index (κ2) is 6.85. The zero-order valence-electron chi connectivity index (χ0n) is 11.4. The Bertz CT molecular complexity index is 713. The monoisotopic (exact) mass is 322 g/mol. The Morgan fingerprint density at radius 2 is 1.90 bits per heavy atom. The van der Waals surface area contributed by atoms with Crippen molar-refractivity contribution in [1.82, 2.24) is 9.71 Å². The molecule has 0 aliphatic rings. The third-order valence-corrected chi connectivity index (χ3v) is 4.21. The molecule has 4 nitrogen and oxygen atoms in total. The Morgan fingerprint density at radius 3 is 2.52 bits per heavy atom. The van der Waals surface area contributed by atoms with E-state index in [1.165, 1.54) is 6.08 Å². The minimum Gasteiger partial charge on any atom is -0.260 e. The molecule has 0 amide bonds. The fraction of sp³-hybridized carbons (Fsp3) is 0.133. The van der Waals surface area contributed by atoms with Gasteiger partial charge in [-0.15, -0.1) is 0 Å². The summed E-state index contributed by atoms with van der Waals surface area (Å²) in [7, 11) is -3.54. The number of hydrogen-bond donors (Lipinski definition) is 1. The molecule has 0 radical (unpaired) electrons. The van der Waals surface area contributed by atoms with E-state index in [2.05, 4.69) is 9.71 Å². The molecule has 0 spiro atoms. The van der Waals surface area contributed by atoms with Gasteiger partial charge in [0.15, 0.2) is 0 Å². The van der Waals surface area contributed by atoms with Crippen molar-refractivity contribution in [2.45, 2.75) is 13.0 Å². The Balaban J connectivity index is 2.06. The maximum Gasteiger partial charge on any atom is 0.234 e. The molecule has 21 heavy (non-hydrogen) atoms. The van der Waals surface area contributed by atoms with Crippen molar-refractivity contribution in [3.05, 3.63) is 70.3 Å². The summed E-state index contributed by atoms with van der Waals surface area (Å²) < 4.78 is 26.6. The first-order valence-corrected chi connectivity index (χ1v) is 8.25. The highest BCUT2D eigenvalue weighted by Gasteiger charge is 2.13. The van der Waals surface area contributed by atoms with Crippen LogP contribution >= 0.6 is 11.6 Å². The summed E-state index contributed by atoms with van der Waals surface area (Å²) >= 11 is 5.78. The summed E-state index contributed by atoms with van der Waals surface area (Å²) in [5, 5.41) is 1.74. The van der Waals surface area contributed by atoms with Crippen molar-refractivity contribution in [3.8, 4) is 0 Å². The van der Waals surface area contributed by atoms with Crippen LogP contribution in [-0.4, -0.2) is 13.4 Å². The van der Waals surface area contributed by atoms with E-state index in [4.69, 9.17) is 11.6 Å². The zero-order chi connectivity index (χ0) is 15.3. The first-order valence-electron chi connectivity index (χ1n) is 6.33. The van der Waals surface area contributed by atoms with Crippen molar-refractivity contribution >= 4 is 27.7 Å². The molecule has 1 N–H and O–H groups in total. The lowest BCUT2D eigenvalue weighted by Gasteiger charge is -2.11. The predicted molar refractivity (Wildman–Crippen MR) is 85.2 cm³/mol. The van der Waals surface area contributed by atoms with Crippen LogP contribution in [0.2, 0.25) is 5.02 Å². The first kappa shape index (κ1) is 15.7. The molecule has 1 atom stereocenters. The van der Waals surface area contributed by atoms with E-state index in [9.17, 15) is 8.42 Å². The van der Waals surface area contributed by atoms with E-state index in [1.54, 1.807) is 49.5 Å². The molecule has 1 aromatic heterocycles. The third kappa shape index (κ3) is 4.97. The van der Waals surface area contributed by atoms with Crippen molar-refractivity contribution < 1.29 is 8.42 Å². The number of hydrogen-bond acceptors (Lipinski definition) is 3. The Hall–Kier alpha value is -1.69. The van der Waals surface area contributed by atoms with Crippen molar-refractivity contribution in [2.75, 3.05) is 0 Å². The van der Waals surface area contributed by atoms with Gasteiger partial charge in [0.1, 0.15) is 0 Å². The SMILES string of the molecule is CC(NS(=O)(=O)/C=C/c1ccc(Cl)cc1)c1ccccn1. The van der Waals surface area contributed by atoms with E-state index in [1.807, 2.05) is 6.07 Å². The lowest BCUT2D eigenvalue weighted by Crippen LogP contribution is -2.25. The largest absolute Gasteiger partial charge is 0.260 e. The van der Waals surface area contributed by atoms with Gasteiger partial charge in [-0.1, -0.05) is 29.8 Å². The molecule has 2 rings (SSSR count). The Kier molecular flexibility index (Phi) is 5.12. The van der Waals surface area contributed by atoms with E-state index < -0.39 is 16.1 Å². The molecule has 0 saturated carbocycles. The van der Waals surface area contributed by atoms with Crippen molar-refractivity contribution in [3.63, 3.8) is 0 Å². The number of halogens is 1. The van der Waals surface area contributed by atoms with E-state index >= 15 is 0 Å². The number of pyridine rings is 1. The van der Waals surface area contributed by atoms with Gasteiger partial charge in [-0.25, -0.2) is 13.1 Å². The molecular formula is C15H15ClN2O2S. The fourth-order valence-electron chi connectivity index (χ4n) is 1.72. The van der Waals surface area contributed by atoms with Crippen LogP contribution in [0, 0.1) is 0 Å². The average molecular weight is 323 g/mol. The quantitative estimate of drug-likeness (QED) is 0.918. The standard InChI is InChI=1S/C15H15ClN2O2S/c1-12(15-4-2-3-10-17-15)18-21(19,20)11-9-13-5-7-14(16)8-6-13/h2-12,18H,1H3/b11-9+. The maximum absolute atomic E-state index is 12.0. The number of aromatic nitrogens is 1. The summed E-state index contributed by atoms with van der Waals surface area (Å²) in [5.74, 6) is 0. The van der Waals surface area contributed by atoms with Crippen LogP contribution in [0.4, 0.5) is 0 Å². The molecule has 110 valence electrons. The molecule has 0 aliphatic carbocycles. The van der Waals surface area contributed by atoms with Crippen LogP contribution in [0.25, 0.3) is 6.08 Å². The minimum atomic E-state index is -3.54. The van der Waals surface area contributed by atoms with E-state index in [-0.39, 0.29) is 0 Å². The Labute approximate surface area is 129 Å². The minimum absolute atomic E-state index is 0.397. The highest BCUT2D eigenvalue weighted by Crippen LogP contribution is 2.13. The van der Waals surface area contributed by atoms with Gasteiger partial charge < -0.3 is 0 Å². The summed E-state index contributed by atoms with van der Waals surface area (Å²) in [6.45, 7) is 1.75. The smallest absolute Gasteiger partial charge is 0.234 e. The van der Waals surface area contributed by atoms with Gasteiger partial charge in [0.2, 0.25) is 10.0 Å².